The molecule has 1 aliphatic rings. The van der Waals surface area contributed by atoms with E-state index in [9.17, 15) is 9.59 Å². The minimum absolute atomic E-state index is 0.0399. The molecule has 0 saturated carbocycles. The summed E-state index contributed by atoms with van der Waals surface area (Å²) in [5, 5.41) is 0. The maximum Gasteiger partial charge on any atom is 0.303 e. The molecule has 7 heteroatoms. The van der Waals surface area contributed by atoms with Gasteiger partial charge in [-0.1, -0.05) is 26.1 Å². The van der Waals surface area contributed by atoms with Crippen LogP contribution in [0.4, 0.5) is 0 Å². The largest absolute Gasteiger partial charge is 0.463 e. The Kier molecular flexibility index (Phi) is 6.54. The van der Waals surface area contributed by atoms with E-state index >= 15 is 0 Å². The minimum atomic E-state index is -0.511. The molecule has 0 amide bonds. The SMILES string of the molecule is CC(=O)OC[C@H]1O[C@H](CC(N)=S)[C@@H](C)[C@@H](C)[C@@H]1OC(C)=O. The summed E-state index contributed by atoms with van der Waals surface area (Å²) in [6.45, 7) is 6.70. The van der Waals surface area contributed by atoms with Crippen LogP contribution in [0.2, 0.25) is 0 Å². The fraction of sp³-hybridized carbons (Fsp3) is 0.786. The van der Waals surface area contributed by atoms with Gasteiger partial charge in [0.05, 0.1) is 11.1 Å². The maximum atomic E-state index is 11.3. The molecule has 1 rings (SSSR count). The Morgan fingerprint density at radius 1 is 1.14 bits per heavy atom. The molecule has 0 unspecified atom stereocenters. The Hall–Kier alpha value is -1.21. The molecule has 0 aromatic rings. The van der Waals surface area contributed by atoms with Crippen molar-refractivity contribution in [3.05, 3.63) is 0 Å². The summed E-state index contributed by atoms with van der Waals surface area (Å²) in [6, 6.07) is 0. The monoisotopic (exact) mass is 317 g/mol. The van der Waals surface area contributed by atoms with Crippen LogP contribution in [0.25, 0.3) is 0 Å². The normalized spacial score (nSPS) is 32.3. The predicted molar refractivity (Wildman–Crippen MR) is 80.6 cm³/mol. The van der Waals surface area contributed by atoms with E-state index in [4.69, 9.17) is 32.2 Å². The van der Waals surface area contributed by atoms with E-state index in [1.54, 1.807) is 0 Å². The first-order chi connectivity index (χ1) is 9.72. The van der Waals surface area contributed by atoms with Gasteiger partial charge in [0.1, 0.15) is 18.8 Å². The average Bonchev–Trinajstić information content (AvgIpc) is 2.35. The van der Waals surface area contributed by atoms with Crippen LogP contribution in [-0.4, -0.2) is 41.8 Å². The number of rotatable bonds is 5. The van der Waals surface area contributed by atoms with Crippen molar-refractivity contribution in [2.24, 2.45) is 17.6 Å². The van der Waals surface area contributed by atoms with E-state index < -0.39 is 18.2 Å². The van der Waals surface area contributed by atoms with Gasteiger partial charge in [0.2, 0.25) is 0 Å². The standard InChI is InChI=1S/C14H23NO5S/c1-7-8(2)14(19-10(4)17)12(6-18-9(3)16)20-11(7)5-13(15)21/h7-8,11-12,14H,5-6H2,1-4H3,(H2,15,21)/t7-,8+,11+,12+,14-/m0/s1. The van der Waals surface area contributed by atoms with Gasteiger partial charge in [0.15, 0.2) is 0 Å². The molecule has 0 aromatic carbocycles. The fourth-order valence-corrected chi connectivity index (χ4v) is 2.71. The summed E-state index contributed by atoms with van der Waals surface area (Å²) in [5.74, 6) is -0.632. The highest BCUT2D eigenvalue weighted by molar-refractivity contribution is 7.80. The van der Waals surface area contributed by atoms with Crippen molar-refractivity contribution in [3.8, 4) is 0 Å². The summed E-state index contributed by atoms with van der Waals surface area (Å²) in [5.41, 5.74) is 5.59. The van der Waals surface area contributed by atoms with E-state index in [2.05, 4.69) is 0 Å². The van der Waals surface area contributed by atoms with Gasteiger partial charge >= 0.3 is 11.9 Å². The second-order valence-corrected chi connectivity index (χ2v) is 6.00. The molecule has 1 heterocycles. The van der Waals surface area contributed by atoms with E-state index in [0.29, 0.717) is 11.4 Å². The maximum absolute atomic E-state index is 11.3. The summed E-state index contributed by atoms with van der Waals surface area (Å²) in [4.78, 5) is 22.6. The van der Waals surface area contributed by atoms with Crippen LogP contribution >= 0.6 is 12.2 Å². The number of nitrogens with two attached hydrogens (primary N) is 1. The van der Waals surface area contributed by atoms with Crippen LogP contribution in [-0.2, 0) is 23.8 Å². The van der Waals surface area contributed by atoms with E-state index in [-0.39, 0.29) is 30.5 Å². The summed E-state index contributed by atoms with van der Waals surface area (Å²) < 4.78 is 16.3. The first-order valence-electron chi connectivity index (χ1n) is 6.96. The van der Waals surface area contributed by atoms with Crippen molar-refractivity contribution in [3.63, 3.8) is 0 Å². The van der Waals surface area contributed by atoms with Crippen LogP contribution in [0, 0.1) is 11.8 Å². The molecule has 1 fully saturated rings. The number of hydrogen-bond donors (Lipinski definition) is 1. The third kappa shape index (κ3) is 5.24. The zero-order chi connectivity index (χ0) is 16.2. The van der Waals surface area contributed by atoms with Crippen LogP contribution in [0.5, 0.6) is 0 Å². The van der Waals surface area contributed by atoms with Gasteiger partial charge in [-0.05, 0) is 5.92 Å². The molecule has 120 valence electrons. The molecular weight excluding hydrogens is 294 g/mol. The van der Waals surface area contributed by atoms with Crippen molar-refractivity contribution >= 4 is 29.1 Å². The molecule has 5 atom stereocenters. The van der Waals surface area contributed by atoms with E-state index in [1.807, 2.05) is 13.8 Å². The summed E-state index contributed by atoms with van der Waals surface area (Å²) >= 11 is 4.94. The number of carbonyl (C=O) groups is 2. The number of hydrogen-bond acceptors (Lipinski definition) is 6. The lowest BCUT2D eigenvalue weighted by molar-refractivity contribution is -0.204. The number of esters is 2. The molecule has 0 spiro atoms. The molecule has 1 saturated heterocycles. The molecule has 0 radical (unpaired) electrons. The zero-order valence-corrected chi connectivity index (χ0v) is 13.6. The quantitative estimate of drug-likeness (QED) is 0.602. The van der Waals surface area contributed by atoms with Crippen molar-refractivity contribution in [1.82, 2.24) is 0 Å². The number of carbonyl (C=O) groups excluding carboxylic acids is 2. The highest BCUT2D eigenvalue weighted by Crippen LogP contribution is 2.34. The van der Waals surface area contributed by atoms with Crippen LogP contribution in [0.3, 0.4) is 0 Å². The minimum Gasteiger partial charge on any atom is -0.463 e. The highest BCUT2D eigenvalue weighted by atomic mass is 32.1. The van der Waals surface area contributed by atoms with Gasteiger partial charge in [-0.25, -0.2) is 0 Å². The lowest BCUT2D eigenvalue weighted by atomic mass is 9.80. The number of ether oxygens (including phenoxy) is 3. The van der Waals surface area contributed by atoms with Gasteiger partial charge < -0.3 is 19.9 Å². The Morgan fingerprint density at radius 2 is 1.76 bits per heavy atom. The van der Waals surface area contributed by atoms with Crippen LogP contribution in [0.1, 0.15) is 34.1 Å². The van der Waals surface area contributed by atoms with Crippen LogP contribution in [0.15, 0.2) is 0 Å². The van der Waals surface area contributed by atoms with Gasteiger partial charge in [0, 0.05) is 26.2 Å². The predicted octanol–water partition coefficient (Wildman–Crippen LogP) is 1.20. The van der Waals surface area contributed by atoms with Crippen molar-refractivity contribution in [2.45, 2.75) is 52.4 Å². The Morgan fingerprint density at radius 3 is 2.24 bits per heavy atom. The second-order valence-electron chi connectivity index (χ2n) is 5.48. The topological polar surface area (TPSA) is 87.8 Å². The van der Waals surface area contributed by atoms with Crippen molar-refractivity contribution < 1.29 is 23.8 Å². The Bertz CT molecular complexity index is 414. The smallest absolute Gasteiger partial charge is 0.303 e. The molecule has 0 aromatic heterocycles. The highest BCUT2D eigenvalue weighted by Gasteiger charge is 2.43. The molecule has 6 nitrogen and oxygen atoms in total. The molecule has 2 N–H and O–H groups in total. The average molecular weight is 317 g/mol. The summed E-state index contributed by atoms with van der Waals surface area (Å²) in [7, 11) is 0. The molecule has 21 heavy (non-hydrogen) atoms. The van der Waals surface area contributed by atoms with E-state index in [0.717, 1.165) is 0 Å². The summed E-state index contributed by atoms with van der Waals surface area (Å²) in [6.07, 6.45) is -0.697. The molecule has 1 aliphatic heterocycles. The van der Waals surface area contributed by atoms with Crippen LogP contribution < -0.4 is 5.73 Å². The Balaban J connectivity index is 2.86. The second kappa shape index (κ2) is 7.70. The zero-order valence-electron chi connectivity index (χ0n) is 12.8. The Labute approximate surface area is 130 Å². The van der Waals surface area contributed by atoms with Gasteiger partial charge in [0.25, 0.3) is 0 Å². The molecule has 0 aliphatic carbocycles. The van der Waals surface area contributed by atoms with Gasteiger partial charge in [-0.3, -0.25) is 9.59 Å². The van der Waals surface area contributed by atoms with E-state index in [1.165, 1.54) is 13.8 Å². The molecular formula is C14H23NO5S. The third-order valence-corrected chi connectivity index (χ3v) is 3.97. The van der Waals surface area contributed by atoms with Gasteiger partial charge in [-0.2, -0.15) is 0 Å². The number of thiocarbonyl (C=S) groups is 1. The first-order valence-corrected chi connectivity index (χ1v) is 7.37. The lowest BCUT2D eigenvalue weighted by Gasteiger charge is -2.43. The van der Waals surface area contributed by atoms with Crippen molar-refractivity contribution in [1.29, 1.82) is 0 Å². The third-order valence-electron chi connectivity index (χ3n) is 3.81. The van der Waals surface area contributed by atoms with Gasteiger partial charge in [-0.15, -0.1) is 0 Å². The van der Waals surface area contributed by atoms with Crippen molar-refractivity contribution in [2.75, 3.05) is 6.61 Å². The molecule has 0 bridgehead atoms. The first kappa shape index (κ1) is 17.8. The lowest BCUT2D eigenvalue weighted by Crippen LogP contribution is -2.53. The fourth-order valence-electron chi connectivity index (χ4n) is 2.54.